The first kappa shape index (κ1) is 22.3. The van der Waals surface area contributed by atoms with Gasteiger partial charge in [-0.25, -0.2) is 8.42 Å². The van der Waals surface area contributed by atoms with E-state index in [0.717, 1.165) is 21.7 Å². The second kappa shape index (κ2) is 9.61. The Morgan fingerprint density at radius 1 is 1.16 bits per heavy atom. The molecule has 0 saturated carbocycles. The van der Waals surface area contributed by atoms with Crippen molar-refractivity contribution in [2.75, 3.05) is 24.2 Å². The van der Waals surface area contributed by atoms with Crippen LogP contribution in [0.1, 0.15) is 18.4 Å². The van der Waals surface area contributed by atoms with E-state index in [0.29, 0.717) is 23.7 Å². The third kappa shape index (κ3) is 5.60. The SMILES string of the molecule is CCc1ccccc1N(CC(=O)NCc1nc(-c2ccc(OC)cc2)no1)S(C)(=O)=O. The molecule has 10 heteroatoms. The highest BCUT2D eigenvalue weighted by molar-refractivity contribution is 7.92. The van der Waals surface area contributed by atoms with Crippen LogP contribution >= 0.6 is 0 Å². The van der Waals surface area contributed by atoms with Gasteiger partial charge >= 0.3 is 0 Å². The van der Waals surface area contributed by atoms with Gasteiger partial charge in [0.05, 0.1) is 25.6 Å². The molecule has 0 radical (unpaired) electrons. The molecule has 0 unspecified atom stereocenters. The van der Waals surface area contributed by atoms with E-state index in [9.17, 15) is 13.2 Å². The van der Waals surface area contributed by atoms with Crippen molar-refractivity contribution in [1.29, 1.82) is 0 Å². The third-order valence-corrected chi connectivity index (χ3v) is 5.71. The minimum atomic E-state index is -3.66. The summed E-state index contributed by atoms with van der Waals surface area (Å²) in [4.78, 5) is 16.7. The number of nitrogens with zero attached hydrogens (tertiary/aromatic N) is 3. The normalized spacial score (nSPS) is 11.2. The van der Waals surface area contributed by atoms with Crippen molar-refractivity contribution in [1.82, 2.24) is 15.5 Å². The van der Waals surface area contributed by atoms with Crippen LogP contribution in [0.4, 0.5) is 5.69 Å². The van der Waals surface area contributed by atoms with Crippen LogP contribution in [0.25, 0.3) is 11.4 Å². The molecule has 3 rings (SSSR count). The summed E-state index contributed by atoms with van der Waals surface area (Å²) < 4.78 is 36.0. The molecule has 0 fully saturated rings. The summed E-state index contributed by atoms with van der Waals surface area (Å²) >= 11 is 0. The van der Waals surface area contributed by atoms with E-state index in [1.54, 1.807) is 43.5 Å². The highest BCUT2D eigenvalue weighted by Gasteiger charge is 2.23. The largest absolute Gasteiger partial charge is 0.497 e. The molecule has 0 spiro atoms. The number of rotatable bonds is 9. The van der Waals surface area contributed by atoms with Crippen LogP contribution in [-0.4, -0.2) is 44.4 Å². The Morgan fingerprint density at radius 3 is 2.52 bits per heavy atom. The number of amides is 1. The van der Waals surface area contributed by atoms with Crippen molar-refractivity contribution < 1.29 is 22.5 Å². The Balaban J connectivity index is 1.66. The van der Waals surface area contributed by atoms with E-state index in [2.05, 4.69) is 15.5 Å². The van der Waals surface area contributed by atoms with Gasteiger partial charge in [-0.05, 0) is 42.3 Å². The summed E-state index contributed by atoms with van der Waals surface area (Å²) in [6.45, 7) is 1.56. The van der Waals surface area contributed by atoms with Gasteiger partial charge in [-0.3, -0.25) is 9.10 Å². The first-order valence-electron chi connectivity index (χ1n) is 9.61. The number of carbonyl (C=O) groups is 1. The number of carbonyl (C=O) groups excluding carboxylic acids is 1. The van der Waals surface area contributed by atoms with Gasteiger partial charge in [-0.1, -0.05) is 30.3 Å². The number of para-hydroxylation sites is 1. The lowest BCUT2D eigenvalue weighted by atomic mass is 10.1. The molecule has 1 N–H and O–H groups in total. The lowest BCUT2D eigenvalue weighted by Crippen LogP contribution is -2.40. The molecular formula is C21H24N4O5S. The maximum atomic E-state index is 12.5. The number of anilines is 1. The van der Waals surface area contributed by atoms with E-state index in [4.69, 9.17) is 9.26 Å². The van der Waals surface area contributed by atoms with Crippen molar-refractivity contribution in [3.05, 3.63) is 60.0 Å². The Labute approximate surface area is 181 Å². The maximum Gasteiger partial charge on any atom is 0.246 e. The van der Waals surface area contributed by atoms with Crippen molar-refractivity contribution in [3.63, 3.8) is 0 Å². The molecule has 2 aromatic carbocycles. The quantitative estimate of drug-likeness (QED) is 0.539. The first-order valence-corrected chi connectivity index (χ1v) is 11.5. The van der Waals surface area contributed by atoms with Gasteiger partial charge < -0.3 is 14.6 Å². The zero-order chi connectivity index (χ0) is 22.4. The Kier molecular flexibility index (Phi) is 6.91. The van der Waals surface area contributed by atoms with Gasteiger partial charge in [0, 0.05) is 5.56 Å². The summed E-state index contributed by atoms with van der Waals surface area (Å²) in [6, 6.07) is 14.2. The smallest absolute Gasteiger partial charge is 0.246 e. The third-order valence-electron chi connectivity index (χ3n) is 4.58. The highest BCUT2D eigenvalue weighted by Crippen LogP contribution is 2.23. The van der Waals surface area contributed by atoms with Crippen molar-refractivity contribution in [2.45, 2.75) is 19.9 Å². The Hall–Kier alpha value is -3.40. The van der Waals surface area contributed by atoms with Crippen molar-refractivity contribution in [2.24, 2.45) is 0 Å². The summed E-state index contributed by atoms with van der Waals surface area (Å²) in [7, 11) is -2.08. The Morgan fingerprint density at radius 2 is 1.87 bits per heavy atom. The van der Waals surface area contributed by atoms with E-state index >= 15 is 0 Å². The van der Waals surface area contributed by atoms with Crippen molar-refractivity contribution >= 4 is 21.6 Å². The van der Waals surface area contributed by atoms with Crippen LogP contribution in [0, 0.1) is 0 Å². The molecule has 0 aliphatic rings. The zero-order valence-electron chi connectivity index (χ0n) is 17.5. The minimum absolute atomic E-state index is 0.0188. The molecule has 9 nitrogen and oxygen atoms in total. The van der Waals surface area contributed by atoms with Crippen LogP contribution in [0.3, 0.4) is 0 Å². The minimum Gasteiger partial charge on any atom is -0.497 e. The molecule has 1 heterocycles. The molecule has 164 valence electrons. The van der Waals surface area contributed by atoms with E-state index < -0.39 is 15.9 Å². The van der Waals surface area contributed by atoms with Gasteiger partial charge in [-0.2, -0.15) is 4.98 Å². The van der Waals surface area contributed by atoms with Gasteiger partial charge in [0.2, 0.25) is 27.6 Å². The molecule has 0 atom stereocenters. The zero-order valence-corrected chi connectivity index (χ0v) is 18.3. The lowest BCUT2D eigenvalue weighted by molar-refractivity contribution is -0.119. The fourth-order valence-electron chi connectivity index (χ4n) is 2.98. The van der Waals surface area contributed by atoms with E-state index in [1.165, 1.54) is 0 Å². The Bertz CT molecular complexity index is 1140. The highest BCUT2D eigenvalue weighted by atomic mass is 32.2. The van der Waals surface area contributed by atoms with E-state index in [1.807, 2.05) is 19.1 Å². The standard InChI is InChI=1S/C21H24N4O5S/c1-4-15-7-5-6-8-18(15)25(31(3,27)28)14-19(26)22-13-20-23-21(24-30-20)16-9-11-17(29-2)12-10-16/h5-12H,4,13-14H2,1-3H3,(H,22,26). The summed E-state index contributed by atoms with van der Waals surface area (Å²) in [5.74, 6) is 0.806. The van der Waals surface area contributed by atoms with Crippen LogP contribution < -0.4 is 14.4 Å². The van der Waals surface area contributed by atoms with Crippen LogP contribution in [0.5, 0.6) is 5.75 Å². The molecule has 31 heavy (non-hydrogen) atoms. The first-order chi connectivity index (χ1) is 14.8. The average Bonchev–Trinajstić information content (AvgIpc) is 3.24. The van der Waals surface area contributed by atoms with Crippen molar-refractivity contribution in [3.8, 4) is 17.1 Å². The molecule has 0 saturated heterocycles. The number of benzene rings is 2. The second-order valence-electron chi connectivity index (χ2n) is 6.77. The summed E-state index contributed by atoms with van der Waals surface area (Å²) in [5, 5.41) is 6.54. The fraction of sp³-hybridized carbons (Fsp3) is 0.286. The fourth-order valence-corrected chi connectivity index (χ4v) is 3.87. The number of aryl methyl sites for hydroxylation is 1. The van der Waals surface area contributed by atoms with Gasteiger partial charge in [0.1, 0.15) is 12.3 Å². The number of sulfonamides is 1. The monoisotopic (exact) mass is 444 g/mol. The number of nitrogens with one attached hydrogen (secondary N) is 1. The number of hydrogen-bond donors (Lipinski definition) is 1. The van der Waals surface area contributed by atoms with Gasteiger partial charge in [0.15, 0.2) is 0 Å². The number of ether oxygens (including phenoxy) is 1. The lowest BCUT2D eigenvalue weighted by Gasteiger charge is -2.24. The number of methoxy groups -OCH3 is 1. The average molecular weight is 445 g/mol. The molecular weight excluding hydrogens is 420 g/mol. The molecule has 0 bridgehead atoms. The second-order valence-corrected chi connectivity index (χ2v) is 8.68. The molecule has 0 aliphatic heterocycles. The van der Waals surface area contributed by atoms with Gasteiger partial charge in [0.25, 0.3) is 0 Å². The molecule has 1 aromatic heterocycles. The summed E-state index contributed by atoms with van der Waals surface area (Å²) in [5.41, 5.74) is 2.06. The number of hydrogen-bond acceptors (Lipinski definition) is 7. The number of aromatic nitrogens is 2. The molecule has 1 amide bonds. The van der Waals surface area contributed by atoms with Gasteiger partial charge in [-0.15, -0.1) is 0 Å². The summed E-state index contributed by atoms with van der Waals surface area (Å²) in [6.07, 6.45) is 1.71. The van der Waals surface area contributed by atoms with E-state index in [-0.39, 0.29) is 19.0 Å². The van der Waals surface area contributed by atoms with Crippen LogP contribution in [-0.2, 0) is 27.8 Å². The van der Waals surface area contributed by atoms with Crippen LogP contribution in [0.15, 0.2) is 53.1 Å². The molecule has 0 aliphatic carbocycles. The predicted molar refractivity (Wildman–Crippen MR) is 116 cm³/mol. The maximum absolute atomic E-state index is 12.5. The predicted octanol–water partition coefficient (Wildman–Crippen LogP) is 2.39. The molecule has 3 aromatic rings. The topological polar surface area (TPSA) is 115 Å². The van der Waals surface area contributed by atoms with Crippen LogP contribution in [0.2, 0.25) is 0 Å².